The number of carbonyl (C=O) groups excluding carboxylic acids is 1. The van der Waals surface area contributed by atoms with Crippen LogP contribution in [0.15, 0.2) is 31.1 Å². The first kappa shape index (κ1) is 10.6. The van der Waals surface area contributed by atoms with Gasteiger partial charge in [-0.1, -0.05) is 6.08 Å². The second-order valence-corrected chi connectivity index (χ2v) is 4.69. The van der Waals surface area contributed by atoms with Crippen molar-refractivity contribution < 1.29 is 4.79 Å². The fraction of sp³-hybridized carbons (Fsp3) is 0.273. The molecule has 0 N–H and O–H groups in total. The van der Waals surface area contributed by atoms with E-state index in [0.717, 1.165) is 15.8 Å². The van der Waals surface area contributed by atoms with Gasteiger partial charge in [0.05, 0.1) is 9.26 Å². The Bertz CT molecular complexity index is 405. The molecule has 2 heterocycles. The maximum atomic E-state index is 11.8. The van der Waals surface area contributed by atoms with E-state index in [1.54, 1.807) is 12.4 Å². The van der Waals surface area contributed by atoms with Crippen LogP contribution in [0.25, 0.3) is 0 Å². The van der Waals surface area contributed by atoms with E-state index in [-0.39, 0.29) is 11.8 Å². The number of carbonyl (C=O) groups is 1. The van der Waals surface area contributed by atoms with Crippen molar-refractivity contribution in [1.82, 2.24) is 4.98 Å². The Kier molecular flexibility index (Phi) is 3.04. The van der Waals surface area contributed by atoms with Gasteiger partial charge in [-0.2, -0.15) is 0 Å². The van der Waals surface area contributed by atoms with Crippen molar-refractivity contribution in [2.24, 2.45) is 5.92 Å². The van der Waals surface area contributed by atoms with Crippen molar-refractivity contribution >= 4 is 34.2 Å². The molecule has 4 heteroatoms. The number of halogens is 1. The Morgan fingerprint density at radius 2 is 2.47 bits per heavy atom. The normalized spacial score (nSPS) is 20.7. The second-order valence-electron chi connectivity index (χ2n) is 3.53. The minimum atomic E-state index is 0.170. The molecule has 0 radical (unpaired) electrons. The number of pyridine rings is 1. The Labute approximate surface area is 102 Å². The van der Waals surface area contributed by atoms with Crippen LogP contribution >= 0.6 is 22.6 Å². The van der Waals surface area contributed by atoms with Crippen molar-refractivity contribution in [3.8, 4) is 0 Å². The van der Waals surface area contributed by atoms with E-state index >= 15 is 0 Å². The molecule has 3 nitrogen and oxygen atoms in total. The van der Waals surface area contributed by atoms with Crippen molar-refractivity contribution in [3.05, 3.63) is 34.7 Å². The summed E-state index contributed by atoms with van der Waals surface area (Å²) in [6.07, 6.45) is 5.91. The number of aromatic nitrogens is 1. The summed E-state index contributed by atoms with van der Waals surface area (Å²) in [6.45, 7) is 4.47. The molecule has 0 aliphatic carbocycles. The fourth-order valence-electron chi connectivity index (χ4n) is 1.71. The summed E-state index contributed by atoms with van der Waals surface area (Å²) >= 11 is 2.20. The summed E-state index contributed by atoms with van der Waals surface area (Å²) in [4.78, 5) is 17.6. The Balaban J connectivity index is 2.29. The van der Waals surface area contributed by atoms with Crippen LogP contribution in [0.5, 0.6) is 0 Å². The summed E-state index contributed by atoms with van der Waals surface area (Å²) in [7, 11) is 0. The maximum absolute atomic E-state index is 11.8. The lowest BCUT2D eigenvalue weighted by Gasteiger charge is -2.17. The minimum Gasteiger partial charge on any atom is -0.311 e. The molecule has 0 spiro atoms. The molecule has 1 fully saturated rings. The molecule has 78 valence electrons. The first-order chi connectivity index (χ1) is 7.22. The van der Waals surface area contributed by atoms with E-state index in [9.17, 15) is 4.79 Å². The third kappa shape index (κ3) is 2.04. The van der Waals surface area contributed by atoms with E-state index in [0.29, 0.717) is 6.42 Å². The molecule has 1 saturated heterocycles. The van der Waals surface area contributed by atoms with E-state index in [1.807, 2.05) is 17.0 Å². The van der Waals surface area contributed by atoms with Crippen molar-refractivity contribution in [2.45, 2.75) is 6.42 Å². The van der Waals surface area contributed by atoms with Crippen LogP contribution in [0.4, 0.5) is 5.69 Å². The highest BCUT2D eigenvalue weighted by Crippen LogP contribution is 2.28. The van der Waals surface area contributed by atoms with Gasteiger partial charge in [-0.15, -0.1) is 6.58 Å². The maximum Gasteiger partial charge on any atom is 0.227 e. The van der Waals surface area contributed by atoms with Gasteiger partial charge in [-0.25, -0.2) is 0 Å². The van der Waals surface area contributed by atoms with E-state index in [4.69, 9.17) is 0 Å². The molecular weight excluding hydrogens is 303 g/mol. The summed E-state index contributed by atoms with van der Waals surface area (Å²) in [5.41, 5.74) is 0.958. The minimum absolute atomic E-state index is 0.170. The van der Waals surface area contributed by atoms with Crippen LogP contribution in [0.2, 0.25) is 0 Å². The van der Waals surface area contributed by atoms with Crippen LogP contribution in [0, 0.1) is 9.49 Å². The molecule has 1 aromatic heterocycles. The largest absolute Gasteiger partial charge is 0.311 e. The fourth-order valence-corrected chi connectivity index (χ4v) is 2.34. The first-order valence-corrected chi connectivity index (χ1v) is 5.82. The zero-order valence-electron chi connectivity index (χ0n) is 8.19. The smallest absolute Gasteiger partial charge is 0.227 e. The number of anilines is 1. The lowest BCUT2D eigenvalue weighted by molar-refractivity contribution is -0.117. The third-order valence-electron chi connectivity index (χ3n) is 2.53. The van der Waals surface area contributed by atoms with Crippen molar-refractivity contribution in [1.29, 1.82) is 0 Å². The van der Waals surface area contributed by atoms with Crippen LogP contribution in [0.1, 0.15) is 6.42 Å². The molecule has 15 heavy (non-hydrogen) atoms. The zero-order chi connectivity index (χ0) is 10.8. The average Bonchev–Trinajstić information content (AvgIpc) is 2.60. The highest BCUT2D eigenvalue weighted by Gasteiger charge is 2.29. The number of hydrogen-bond donors (Lipinski definition) is 0. The summed E-state index contributed by atoms with van der Waals surface area (Å²) in [5.74, 6) is 0.450. The van der Waals surface area contributed by atoms with Gasteiger partial charge in [-0.3, -0.25) is 9.78 Å². The second kappa shape index (κ2) is 4.30. The first-order valence-electron chi connectivity index (χ1n) is 4.75. The molecule has 1 amide bonds. The van der Waals surface area contributed by atoms with E-state index in [1.165, 1.54) is 0 Å². The predicted molar refractivity (Wildman–Crippen MR) is 67.6 cm³/mol. The van der Waals surface area contributed by atoms with Gasteiger partial charge in [0.2, 0.25) is 5.91 Å². The molecule has 1 aliphatic heterocycles. The molecule has 0 saturated carbocycles. The van der Waals surface area contributed by atoms with Crippen molar-refractivity contribution in [3.63, 3.8) is 0 Å². The van der Waals surface area contributed by atoms with Gasteiger partial charge < -0.3 is 4.90 Å². The highest BCUT2D eigenvalue weighted by atomic mass is 127. The lowest BCUT2D eigenvalue weighted by Crippen LogP contribution is -2.25. The third-order valence-corrected chi connectivity index (χ3v) is 3.36. The van der Waals surface area contributed by atoms with Gasteiger partial charge in [0.1, 0.15) is 0 Å². The van der Waals surface area contributed by atoms with Gasteiger partial charge in [0, 0.05) is 31.3 Å². The highest BCUT2D eigenvalue weighted by molar-refractivity contribution is 14.1. The quantitative estimate of drug-likeness (QED) is 0.619. The molecule has 1 aliphatic rings. The summed E-state index contributed by atoms with van der Waals surface area (Å²) < 4.78 is 1.01. The van der Waals surface area contributed by atoms with E-state index < -0.39 is 0 Å². The van der Waals surface area contributed by atoms with Crippen LogP contribution < -0.4 is 4.90 Å². The Hall–Kier alpha value is -0.910. The predicted octanol–water partition coefficient (Wildman–Crippen LogP) is 2.23. The average molecular weight is 314 g/mol. The number of hydrogen-bond acceptors (Lipinski definition) is 2. The monoisotopic (exact) mass is 314 g/mol. The lowest BCUT2D eigenvalue weighted by atomic mass is 10.1. The number of amides is 1. The van der Waals surface area contributed by atoms with Crippen LogP contribution in [0.3, 0.4) is 0 Å². The van der Waals surface area contributed by atoms with Gasteiger partial charge in [0.15, 0.2) is 0 Å². The number of nitrogens with zero attached hydrogens (tertiary/aromatic N) is 2. The summed E-state index contributed by atoms with van der Waals surface area (Å²) in [6, 6.07) is 1.88. The molecule has 1 unspecified atom stereocenters. The van der Waals surface area contributed by atoms with Crippen LogP contribution in [-0.2, 0) is 4.79 Å². The topological polar surface area (TPSA) is 33.2 Å². The van der Waals surface area contributed by atoms with Crippen LogP contribution in [-0.4, -0.2) is 17.4 Å². The molecular formula is C11H11IN2O. The molecule has 1 atom stereocenters. The van der Waals surface area contributed by atoms with Crippen molar-refractivity contribution in [2.75, 3.05) is 11.4 Å². The SMILES string of the molecule is C=CC1CC(=O)N(c2ccncc2I)C1. The van der Waals surface area contributed by atoms with Gasteiger partial charge >= 0.3 is 0 Å². The molecule has 2 rings (SSSR count). The zero-order valence-corrected chi connectivity index (χ0v) is 10.3. The Morgan fingerprint density at radius 1 is 1.67 bits per heavy atom. The molecule has 0 bridgehead atoms. The molecule has 0 aromatic carbocycles. The van der Waals surface area contributed by atoms with E-state index in [2.05, 4.69) is 34.2 Å². The number of rotatable bonds is 2. The summed E-state index contributed by atoms with van der Waals surface area (Å²) in [5, 5.41) is 0. The Morgan fingerprint density at radius 3 is 3.07 bits per heavy atom. The van der Waals surface area contributed by atoms with Gasteiger partial charge in [-0.05, 0) is 28.7 Å². The van der Waals surface area contributed by atoms with Gasteiger partial charge in [0.25, 0.3) is 0 Å². The standard InChI is InChI=1S/C11H11IN2O/c1-2-8-5-11(15)14(7-8)10-3-4-13-6-9(10)12/h2-4,6,8H,1,5,7H2. The molecule has 1 aromatic rings.